The summed E-state index contributed by atoms with van der Waals surface area (Å²) in [5.41, 5.74) is 0. The molecule has 3 heterocycles. The first-order valence-electron chi connectivity index (χ1n) is 7.46. The molecule has 0 unspecified atom stereocenters. The van der Waals surface area contributed by atoms with Crippen LogP contribution in [0.3, 0.4) is 0 Å². The van der Waals surface area contributed by atoms with E-state index in [1.807, 2.05) is 13.8 Å². The molecule has 0 saturated carbocycles. The van der Waals surface area contributed by atoms with Gasteiger partial charge in [0.15, 0.2) is 11.6 Å². The molecule has 0 amide bonds. The first kappa shape index (κ1) is 17.5. The van der Waals surface area contributed by atoms with Crippen molar-refractivity contribution in [1.82, 2.24) is 0 Å². The highest BCUT2D eigenvalue weighted by Crippen LogP contribution is 2.48. The van der Waals surface area contributed by atoms with Crippen LogP contribution in [0.15, 0.2) is 0 Å². The van der Waals surface area contributed by atoms with E-state index in [1.54, 1.807) is 13.8 Å². The van der Waals surface area contributed by atoms with Gasteiger partial charge in [0.1, 0.15) is 18.3 Å². The van der Waals surface area contributed by atoms with Crippen LogP contribution in [0.25, 0.3) is 0 Å². The Morgan fingerprint density at radius 3 is 2.48 bits per heavy atom. The van der Waals surface area contributed by atoms with E-state index in [0.29, 0.717) is 0 Å². The maximum atomic E-state index is 11.0. The average molecular weight is 353 g/mol. The largest absolute Gasteiger partial charge is 0.344 e. The molecule has 0 aromatic carbocycles. The Labute approximate surface area is 135 Å². The molecule has 0 aromatic heterocycles. The maximum Gasteiger partial charge on any atom is 0.333 e. The minimum atomic E-state index is -4.03. The molecule has 23 heavy (non-hydrogen) atoms. The topological polar surface area (TPSA) is 116 Å². The molecule has 0 bridgehead atoms. The van der Waals surface area contributed by atoms with E-state index in [0.717, 1.165) is 0 Å². The summed E-state index contributed by atoms with van der Waals surface area (Å²) in [5.74, 6) is -2.82. The highest BCUT2D eigenvalue weighted by Gasteiger charge is 2.65. The molecule has 0 spiro atoms. The molecule has 134 valence electrons. The minimum absolute atomic E-state index is 0.129. The molecule has 0 aliphatic carbocycles. The first-order valence-corrected chi connectivity index (χ1v) is 8.93. The minimum Gasteiger partial charge on any atom is -0.344 e. The van der Waals surface area contributed by atoms with Crippen LogP contribution in [0, 0.1) is 0 Å². The van der Waals surface area contributed by atoms with Crippen molar-refractivity contribution >= 4 is 10.3 Å². The van der Waals surface area contributed by atoms with Gasteiger partial charge in [-0.05, 0) is 27.7 Å². The second-order valence-corrected chi connectivity index (χ2v) is 8.09. The van der Waals surface area contributed by atoms with Crippen LogP contribution in [-0.2, 0) is 38.2 Å². The van der Waals surface area contributed by atoms with Gasteiger partial charge in [-0.15, -0.1) is 0 Å². The highest BCUT2D eigenvalue weighted by molar-refractivity contribution is 7.84. The lowest BCUT2D eigenvalue weighted by molar-refractivity contribution is -0.285. The van der Waals surface area contributed by atoms with Gasteiger partial charge in [-0.3, -0.25) is 4.18 Å². The van der Waals surface area contributed by atoms with Gasteiger partial charge in [0.05, 0.1) is 13.2 Å². The Hall–Kier alpha value is -0.330. The van der Waals surface area contributed by atoms with Crippen LogP contribution in [-0.4, -0.2) is 57.3 Å². The van der Waals surface area contributed by atoms with Crippen molar-refractivity contribution in [1.29, 1.82) is 0 Å². The number of nitrogens with two attached hydrogens (primary N) is 1. The quantitative estimate of drug-likeness (QED) is 0.750. The third-order valence-corrected chi connectivity index (χ3v) is 4.47. The van der Waals surface area contributed by atoms with Crippen LogP contribution < -0.4 is 5.14 Å². The van der Waals surface area contributed by atoms with E-state index < -0.39 is 33.8 Å². The lowest BCUT2D eigenvalue weighted by Gasteiger charge is -2.40. The van der Waals surface area contributed by atoms with Gasteiger partial charge in [-0.2, -0.15) is 8.42 Å². The molecular formula is C13H23NO8S. The molecular weight excluding hydrogens is 330 g/mol. The maximum absolute atomic E-state index is 11.0. The fourth-order valence-corrected chi connectivity index (χ4v) is 3.68. The normalized spacial score (nSPS) is 41.5. The van der Waals surface area contributed by atoms with Gasteiger partial charge >= 0.3 is 10.3 Å². The van der Waals surface area contributed by atoms with Gasteiger partial charge in [-0.1, -0.05) is 0 Å². The molecule has 3 rings (SSSR count). The molecule has 10 heteroatoms. The van der Waals surface area contributed by atoms with E-state index >= 15 is 0 Å². The Kier molecular flexibility index (Phi) is 4.06. The molecule has 0 radical (unpaired) electrons. The first-order chi connectivity index (χ1) is 10.4. The van der Waals surface area contributed by atoms with E-state index in [9.17, 15) is 8.42 Å². The zero-order valence-corrected chi connectivity index (χ0v) is 14.4. The summed E-state index contributed by atoms with van der Waals surface area (Å²) in [7, 11) is -4.03. The van der Waals surface area contributed by atoms with Crippen LogP contribution in [0.5, 0.6) is 0 Å². The van der Waals surface area contributed by atoms with Gasteiger partial charge in [-0.25, -0.2) is 5.14 Å². The molecule has 3 aliphatic rings. The van der Waals surface area contributed by atoms with Crippen molar-refractivity contribution in [2.75, 3.05) is 13.2 Å². The summed E-state index contributed by atoms with van der Waals surface area (Å²) in [4.78, 5) is 0. The van der Waals surface area contributed by atoms with E-state index in [2.05, 4.69) is 4.18 Å². The zero-order valence-electron chi connectivity index (χ0n) is 13.6. The zero-order chi connectivity index (χ0) is 17.1. The molecule has 3 saturated heterocycles. The Morgan fingerprint density at radius 1 is 1.13 bits per heavy atom. The van der Waals surface area contributed by atoms with Crippen molar-refractivity contribution in [3.8, 4) is 0 Å². The lowest BCUT2D eigenvalue weighted by Crippen LogP contribution is -2.58. The molecule has 3 fully saturated rings. The lowest BCUT2D eigenvalue weighted by atomic mass is 9.95. The second-order valence-electron chi connectivity index (χ2n) is 6.87. The number of hydrogen-bond donors (Lipinski definition) is 1. The summed E-state index contributed by atoms with van der Waals surface area (Å²) in [6, 6.07) is 0. The van der Waals surface area contributed by atoms with Crippen molar-refractivity contribution in [2.24, 2.45) is 5.14 Å². The van der Waals surface area contributed by atoms with Crippen molar-refractivity contribution in [2.45, 2.75) is 69.8 Å². The van der Waals surface area contributed by atoms with Gasteiger partial charge in [0.2, 0.25) is 5.79 Å². The molecule has 3 aliphatic heterocycles. The number of hydrogen-bond acceptors (Lipinski definition) is 8. The third kappa shape index (κ3) is 3.54. The summed E-state index contributed by atoms with van der Waals surface area (Å²) in [6.07, 6.45) is -1.10. The molecule has 4 atom stereocenters. The Morgan fingerprint density at radius 2 is 1.83 bits per heavy atom. The SMILES string of the molecule is CC1(C)O[C@@H]2[C@@H](CO[C@@]3(CCOS(N)(=O)=O)OC(C)(C)O[C@@H]23)O1. The predicted octanol–water partition coefficient (Wildman–Crippen LogP) is -0.00530. The van der Waals surface area contributed by atoms with Gasteiger partial charge < -0.3 is 23.7 Å². The fraction of sp³-hybridized carbons (Fsp3) is 1.00. The van der Waals surface area contributed by atoms with Crippen molar-refractivity contribution < 1.29 is 36.3 Å². The van der Waals surface area contributed by atoms with Crippen LogP contribution >= 0.6 is 0 Å². The standard InChI is InChI=1S/C13H23NO8S/c1-11(2)19-8-7-17-13(5-6-18-23(14,15)16)10(9(8)20-11)21-12(3,4)22-13/h8-10H,5-7H2,1-4H3,(H2,14,15,16)/t8-,9-,10+,13+/m1/s1. The van der Waals surface area contributed by atoms with E-state index in [1.165, 1.54) is 0 Å². The van der Waals surface area contributed by atoms with Crippen molar-refractivity contribution in [3.63, 3.8) is 0 Å². The van der Waals surface area contributed by atoms with E-state index in [4.69, 9.17) is 28.8 Å². The molecule has 9 nitrogen and oxygen atoms in total. The highest BCUT2D eigenvalue weighted by atomic mass is 32.2. The second kappa shape index (κ2) is 5.33. The van der Waals surface area contributed by atoms with Gasteiger partial charge in [0.25, 0.3) is 0 Å². The Balaban J connectivity index is 1.80. The third-order valence-electron chi connectivity index (χ3n) is 3.97. The number of ether oxygens (including phenoxy) is 5. The number of rotatable bonds is 4. The summed E-state index contributed by atoms with van der Waals surface area (Å²) in [6.45, 7) is 7.21. The summed E-state index contributed by atoms with van der Waals surface area (Å²) < 4.78 is 56.0. The average Bonchev–Trinajstić information content (AvgIpc) is 2.79. The molecule has 0 aromatic rings. The summed E-state index contributed by atoms with van der Waals surface area (Å²) in [5, 5.41) is 4.85. The van der Waals surface area contributed by atoms with Crippen LogP contribution in [0.1, 0.15) is 34.1 Å². The predicted molar refractivity (Wildman–Crippen MR) is 76.2 cm³/mol. The smallest absolute Gasteiger partial charge is 0.333 e. The monoisotopic (exact) mass is 353 g/mol. The number of fused-ring (bicyclic) bond motifs is 3. The van der Waals surface area contributed by atoms with Crippen molar-refractivity contribution in [3.05, 3.63) is 0 Å². The van der Waals surface area contributed by atoms with Crippen LogP contribution in [0.2, 0.25) is 0 Å². The van der Waals surface area contributed by atoms with E-state index in [-0.39, 0.29) is 31.8 Å². The fourth-order valence-electron chi connectivity index (χ4n) is 3.36. The van der Waals surface area contributed by atoms with Crippen LogP contribution in [0.4, 0.5) is 0 Å². The molecule has 2 N–H and O–H groups in total. The summed E-state index contributed by atoms with van der Waals surface area (Å²) >= 11 is 0. The Bertz CT molecular complexity index is 577. The van der Waals surface area contributed by atoms with Gasteiger partial charge in [0, 0.05) is 6.42 Å².